The fourth-order valence-electron chi connectivity index (χ4n) is 5.00. The Morgan fingerprint density at radius 3 is 2.67 bits per heavy atom. The molecule has 0 N–H and O–H groups in total. The Labute approximate surface area is 162 Å². The number of pyridine rings is 1. The molecule has 0 spiro atoms. The van der Waals surface area contributed by atoms with Crippen molar-refractivity contribution >= 4 is 5.91 Å². The van der Waals surface area contributed by atoms with Gasteiger partial charge in [-0.3, -0.25) is 14.7 Å². The van der Waals surface area contributed by atoms with Crippen LogP contribution >= 0.6 is 0 Å². The van der Waals surface area contributed by atoms with Crippen molar-refractivity contribution in [3.8, 4) is 0 Å². The van der Waals surface area contributed by atoms with Crippen LogP contribution in [0.5, 0.6) is 0 Å². The van der Waals surface area contributed by atoms with E-state index in [0.29, 0.717) is 5.56 Å². The summed E-state index contributed by atoms with van der Waals surface area (Å²) in [7, 11) is 2.23. The normalized spacial score (nSPS) is 29.0. The van der Waals surface area contributed by atoms with Crippen LogP contribution < -0.4 is 0 Å². The zero-order valence-corrected chi connectivity index (χ0v) is 16.3. The number of aromatic nitrogens is 1. The summed E-state index contributed by atoms with van der Waals surface area (Å²) < 4.78 is 0. The first-order valence-corrected chi connectivity index (χ1v) is 10.1. The van der Waals surface area contributed by atoms with Gasteiger partial charge in [0.15, 0.2) is 0 Å². The first kappa shape index (κ1) is 18.2. The van der Waals surface area contributed by atoms with Crippen molar-refractivity contribution in [1.29, 1.82) is 0 Å². The van der Waals surface area contributed by atoms with Gasteiger partial charge in [-0.1, -0.05) is 43.2 Å². The number of carbonyl (C=O) groups is 1. The van der Waals surface area contributed by atoms with Crippen LogP contribution in [0, 0.1) is 0 Å². The molecule has 3 heterocycles. The number of rotatable bonds is 2. The highest BCUT2D eigenvalue weighted by Gasteiger charge is 2.53. The number of hydrogen-bond donors (Lipinski definition) is 0. The molecular weight excluding hydrogens is 334 g/mol. The Hall–Kier alpha value is -2.20. The summed E-state index contributed by atoms with van der Waals surface area (Å²) in [4.78, 5) is 22.5. The molecule has 27 heavy (non-hydrogen) atoms. The van der Waals surface area contributed by atoms with Gasteiger partial charge in [0.2, 0.25) is 0 Å². The van der Waals surface area contributed by atoms with Gasteiger partial charge in [-0.2, -0.15) is 0 Å². The van der Waals surface area contributed by atoms with Gasteiger partial charge >= 0.3 is 0 Å². The maximum Gasteiger partial charge on any atom is 0.256 e. The van der Waals surface area contributed by atoms with Gasteiger partial charge in [-0.25, -0.2) is 0 Å². The number of carbonyl (C=O) groups excluding carboxylic acids is 1. The van der Waals surface area contributed by atoms with Crippen LogP contribution in [0.25, 0.3) is 0 Å². The van der Waals surface area contributed by atoms with Crippen molar-refractivity contribution in [2.45, 2.75) is 56.7 Å². The van der Waals surface area contributed by atoms with Crippen LogP contribution in [0.4, 0.5) is 0 Å². The Bertz CT molecular complexity index is 779. The van der Waals surface area contributed by atoms with Crippen molar-refractivity contribution in [2.24, 2.45) is 0 Å². The molecule has 0 aliphatic carbocycles. The third-order valence-electron chi connectivity index (χ3n) is 6.67. The van der Waals surface area contributed by atoms with Gasteiger partial charge in [0.25, 0.3) is 5.91 Å². The lowest BCUT2D eigenvalue weighted by Crippen LogP contribution is -2.55. The second kappa shape index (κ2) is 7.43. The minimum atomic E-state index is -0.00119. The maximum absolute atomic E-state index is 13.6. The Morgan fingerprint density at radius 1 is 1.11 bits per heavy atom. The molecule has 4 nitrogen and oxygen atoms in total. The molecule has 0 radical (unpaired) electrons. The Balaban J connectivity index is 1.78. The number of likely N-dealkylation sites (tertiary alicyclic amines) is 2. The van der Waals surface area contributed by atoms with E-state index >= 15 is 0 Å². The van der Waals surface area contributed by atoms with Crippen molar-refractivity contribution in [3.63, 3.8) is 0 Å². The summed E-state index contributed by atoms with van der Waals surface area (Å²) in [5.41, 5.74) is 1.92. The highest BCUT2D eigenvalue weighted by Crippen LogP contribution is 2.48. The summed E-state index contributed by atoms with van der Waals surface area (Å²) in [6.07, 6.45) is 9.13. The summed E-state index contributed by atoms with van der Waals surface area (Å²) >= 11 is 0. The molecular formula is C23H29N3O. The van der Waals surface area contributed by atoms with Crippen molar-refractivity contribution in [1.82, 2.24) is 14.8 Å². The van der Waals surface area contributed by atoms with Gasteiger partial charge in [0, 0.05) is 17.9 Å². The second-order valence-electron chi connectivity index (χ2n) is 8.23. The second-order valence-corrected chi connectivity index (χ2v) is 8.23. The highest BCUT2D eigenvalue weighted by atomic mass is 16.2. The van der Waals surface area contributed by atoms with Crippen molar-refractivity contribution < 1.29 is 4.79 Å². The fourth-order valence-corrected chi connectivity index (χ4v) is 5.00. The standard InChI is InChI=1S/C23H29N3O/c1-23-16-20(18-10-5-3-6-11-18)26(22(27)19-12-9-14-24-17-19)21(23)13-7-4-8-15-25(23)2/h3,5-6,9-12,14,17,20-21H,4,7-8,13,15-16H2,1-2H3/t20-,21-,23-/m0/s1. The third-order valence-corrected chi connectivity index (χ3v) is 6.67. The predicted octanol–water partition coefficient (Wildman–Crippen LogP) is 4.30. The molecule has 0 bridgehead atoms. The molecule has 1 aromatic heterocycles. The molecule has 4 rings (SSSR count). The van der Waals surface area contributed by atoms with Crippen LogP contribution in [0.1, 0.15) is 61.0 Å². The molecule has 2 saturated heterocycles. The monoisotopic (exact) mass is 363 g/mol. The zero-order chi connectivity index (χ0) is 18.9. The smallest absolute Gasteiger partial charge is 0.256 e. The minimum absolute atomic E-state index is 0.00119. The predicted molar refractivity (Wildman–Crippen MR) is 107 cm³/mol. The van der Waals surface area contributed by atoms with Crippen LogP contribution in [0.2, 0.25) is 0 Å². The van der Waals surface area contributed by atoms with Crippen LogP contribution in [-0.2, 0) is 0 Å². The summed E-state index contributed by atoms with van der Waals surface area (Å²) in [5.74, 6) is 0.111. The van der Waals surface area contributed by atoms with E-state index < -0.39 is 0 Å². The minimum Gasteiger partial charge on any atom is -0.327 e. The first-order chi connectivity index (χ1) is 13.1. The largest absolute Gasteiger partial charge is 0.327 e. The lowest BCUT2D eigenvalue weighted by molar-refractivity contribution is 0.0452. The van der Waals surface area contributed by atoms with Crippen LogP contribution in [0.3, 0.4) is 0 Å². The lowest BCUT2D eigenvalue weighted by Gasteiger charge is -2.43. The Morgan fingerprint density at radius 2 is 1.93 bits per heavy atom. The van der Waals surface area contributed by atoms with Gasteiger partial charge < -0.3 is 4.90 Å². The first-order valence-electron chi connectivity index (χ1n) is 10.1. The molecule has 2 aliphatic rings. The summed E-state index contributed by atoms with van der Waals surface area (Å²) in [6, 6.07) is 14.6. The van der Waals surface area contributed by atoms with E-state index in [1.165, 1.54) is 24.8 Å². The number of likely N-dealkylation sites (N-methyl/N-ethyl adjacent to an activating group) is 1. The SMILES string of the molecule is CN1CCCCC[C@@H]2N(C(=O)c3cccnc3)[C@H](c3ccccc3)C[C@@]21C. The van der Waals surface area contributed by atoms with Gasteiger partial charge in [0.1, 0.15) is 0 Å². The number of fused-ring (bicyclic) bond motifs is 1. The molecule has 1 aromatic carbocycles. The van der Waals surface area contributed by atoms with E-state index in [2.05, 4.69) is 53.0 Å². The lowest BCUT2D eigenvalue weighted by atomic mass is 9.84. The maximum atomic E-state index is 13.6. The van der Waals surface area contributed by atoms with E-state index in [-0.39, 0.29) is 23.5 Å². The molecule has 2 aliphatic heterocycles. The third kappa shape index (κ3) is 3.27. The topological polar surface area (TPSA) is 36.4 Å². The fraction of sp³-hybridized carbons (Fsp3) is 0.478. The van der Waals surface area contributed by atoms with E-state index in [9.17, 15) is 4.79 Å². The van der Waals surface area contributed by atoms with E-state index in [1.807, 2.05) is 18.2 Å². The molecule has 3 atom stereocenters. The number of benzene rings is 1. The molecule has 142 valence electrons. The van der Waals surface area contributed by atoms with Crippen molar-refractivity contribution in [3.05, 3.63) is 66.0 Å². The van der Waals surface area contributed by atoms with Gasteiger partial charge in [-0.05, 0) is 57.5 Å². The summed E-state index contributed by atoms with van der Waals surface area (Å²) in [6.45, 7) is 3.46. The highest BCUT2D eigenvalue weighted by molar-refractivity contribution is 5.94. The van der Waals surface area contributed by atoms with E-state index in [0.717, 1.165) is 19.4 Å². The quantitative estimate of drug-likeness (QED) is 0.798. The van der Waals surface area contributed by atoms with Crippen LogP contribution in [0.15, 0.2) is 54.9 Å². The average molecular weight is 364 g/mol. The molecule has 4 heteroatoms. The van der Waals surface area contributed by atoms with Gasteiger partial charge in [-0.15, -0.1) is 0 Å². The van der Waals surface area contributed by atoms with E-state index in [4.69, 9.17) is 0 Å². The average Bonchev–Trinajstić information content (AvgIpc) is 3.00. The molecule has 0 unspecified atom stereocenters. The number of hydrogen-bond acceptors (Lipinski definition) is 3. The van der Waals surface area contributed by atoms with Gasteiger partial charge in [0.05, 0.1) is 17.6 Å². The zero-order valence-electron chi connectivity index (χ0n) is 16.3. The molecule has 1 amide bonds. The molecule has 2 aromatic rings. The van der Waals surface area contributed by atoms with E-state index in [1.54, 1.807) is 12.4 Å². The molecule has 2 fully saturated rings. The number of amides is 1. The van der Waals surface area contributed by atoms with Crippen LogP contribution in [-0.4, -0.2) is 45.9 Å². The molecule has 0 saturated carbocycles. The Kier molecular flexibility index (Phi) is 5.00. The summed E-state index contributed by atoms with van der Waals surface area (Å²) in [5, 5.41) is 0. The van der Waals surface area contributed by atoms with Crippen molar-refractivity contribution in [2.75, 3.05) is 13.6 Å². The number of nitrogens with zero attached hydrogens (tertiary/aromatic N) is 3.